The van der Waals surface area contributed by atoms with Crippen LogP contribution in [0.1, 0.15) is 23.6 Å². The number of hydrogen-bond donors (Lipinski definition) is 1. The predicted molar refractivity (Wildman–Crippen MR) is 106 cm³/mol. The first kappa shape index (κ1) is 17.5. The Morgan fingerprint density at radius 1 is 1.08 bits per heavy atom. The van der Waals surface area contributed by atoms with E-state index in [2.05, 4.69) is 37.4 Å². The standard InChI is InChI=1S/C21H22N2OS/c1-4-16-8-10-18(11-9-16)22-19(24)13-25-21-15(3)12-17-7-5-6-14(2)20(17)23-21/h5-12H,4,13H2,1-3H3,(H,22,24). The SMILES string of the molecule is CCc1ccc(NC(=O)CSc2nc3c(C)cccc3cc2C)cc1. The molecular formula is C21H22N2OS. The van der Waals surface area contributed by atoms with Crippen LogP contribution in [0.5, 0.6) is 0 Å². The highest BCUT2D eigenvalue weighted by molar-refractivity contribution is 8.00. The van der Waals surface area contributed by atoms with E-state index in [0.717, 1.165) is 39.2 Å². The average molecular weight is 350 g/mol. The molecule has 3 aromatic rings. The summed E-state index contributed by atoms with van der Waals surface area (Å²) in [5.41, 5.74) is 5.36. The summed E-state index contributed by atoms with van der Waals surface area (Å²) in [6.45, 7) is 6.22. The minimum atomic E-state index is -0.0136. The number of fused-ring (bicyclic) bond motifs is 1. The Balaban J connectivity index is 1.68. The van der Waals surface area contributed by atoms with Gasteiger partial charge in [0.05, 0.1) is 11.3 Å². The summed E-state index contributed by atoms with van der Waals surface area (Å²) >= 11 is 1.48. The van der Waals surface area contributed by atoms with Crippen molar-refractivity contribution in [3.8, 4) is 0 Å². The third kappa shape index (κ3) is 4.20. The molecule has 0 unspecified atom stereocenters. The van der Waals surface area contributed by atoms with Crippen LogP contribution in [-0.4, -0.2) is 16.6 Å². The summed E-state index contributed by atoms with van der Waals surface area (Å²) in [7, 11) is 0. The van der Waals surface area contributed by atoms with E-state index in [1.807, 2.05) is 37.3 Å². The summed E-state index contributed by atoms with van der Waals surface area (Å²) in [5.74, 6) is 0.334. The Morgan fingerprint density at radius 3 is 2.56 bits per heavy atom. The largest absolute Gasteiger partial charge is 0.325 e. The molecule has 2 aromatic carbocycles. The number of thioether (sulfide) groups is 1. The Labute approximate surface area is 152 Å². The minimum absolute atomic E-state index is 0.0136. The van der Waals surface area contributed by atoms with Crippen molar-refractivity contribution >= 4 is 34.3 Å². The van der Waals surface area contributed by atoms with Crippen LogP contribution in [0.3, 0.4) is 0 Å². The lowest BCUT2D eigenvalue weighted by molar-refractivity contribution is -0.113. The Morgan fingerprint density at radius 2 is 1.84 bits per heavy atom. The minimum Gasteiger partial charge on any atom is -0.325 e. The molecule has 1 amide bonds. The van der Waals surface area contributed by atoms with Crippen LogP contribution < -0.4 is 5.32 Å². The van der Waals surface area contributed by atoms with Gasteiger partial charge in [0.1, 0.15) is 5.03 Å². The number of benzene rings is 2. The molecule has 25 heavy (non-hydrogen) atoms. The van der Waals surface area contributed by atoms with Gasteiger partial charge in [-0.25, -0.2) is 4.98 Å². The maximum absolute atomic E-state index is 12.2. The van der Waals surface area contributed by atoms with E-state index in [0.29, 0.717) is 5.75 Å². The van der Waals surface area contributed by atoms with Gasteiger partial charge in [-0.1, -0.05) is 49.0 Å². The molecule has 0 bridgehead atoms. The Bertz CT molecular complexity index is 904. The number of hydrogen-bond acceptors (Lipinski definition) is 3. The number of aryl methyl sites for hydroxylation is 3. The number of aromatic nitrogens is 1. The zero-order valence-electron chi connectivity index (χ0n) is 14.8. The van der Waals surface area contributed by atoms with Gasteiger partial charge in [0.25, 0.3) is 0 Å². The summed E-state index contributed by atoms with van der Waals surface area (Å²) in [4.78, 5) is 17.0. The lowest BCUT2D eigenvalue weighted by atomic mass is 10.1. The fraction of sp³-hybridized carbons (Fsp3) is 0.238. The summed E-state index contributed by atoms with van der Waals surface area (Å²) in [6.07, 6.45) is 0.996. The molecule has 1 N–H and O–H groups in total. The van der Waals surface area contributed by atoms with Crippen molar-refractivity contribution < 1.29 is 4.79 Å². The summed E-state index contributed by atoms with van der Waals surface area (Å²) < 4.78 is 0. The third-order valence-corrected chi connectivity index (χ3v) is 5.27. The van der Waals surface area contributed by atoms with E-state index in [1.165, 1.54) is 17.3 Å². The summed E-state index contributed by atoms with van der Waals surface area (Å²) in [6, 6.07) is 16.3. The van der Waals surface area contributed by atoms with Gasteiger partial charge in [-0.05, 0) is 55.2 Å². The molecule has 128 valence electrons. The van der Waals surface area contributed by atoms with Gasteiger partial charge in [0, 0.05) is 11.1 Å². The van der Waals surface area contributed by atoms with E-state index in [-0.39, 0.29) is 5.91 Å². The number of pyridine rings is 1. The highest BCUT2D eigenvalue weighted by Crippen LogP contribution is 2.26. The molecule has 0 aliphatic rings. The van der Waals surface area contributed by atoms with Crippen LogP contribution in [0.25, 0.3) is 10.9 Å². The quantitative estimate of drug-likeness (QED) is 0.648. The molecule has 1 heterocycles. The maximum atomic E-state index is 12.2. The number of para-hydroxylation sites is 1. The fourth-order valence-corrected chi connectivity index (χ4v) is 3.52. The van der Waals surface area contributed by atoms with E-state index in [1.54, 1.807) is 0 Å². The van der Waals surface area contributed by atoms with Crippen molar-refractivity contribution in [1.82, 2.24) is 4.98 Å². The van der Waals surface area contributed by atoms with E-state index >= 15 is 0 Å². The molecule has 0 fully saturated rings. The molecule has 0 spiro atoms. The van der Waals surface area contributed by atoms with E-state index in [9.17, 15) is 4.79 Å². The predicted octanol–water partition coefficient (Wildman–Crippen LogP) is 5.14. The summed E-state index contributed by atoms with van der Waals surface area (Å²) in [5, 5.41) is 5.00. The molecule has 3 rings (SSSR count). The highest BCUT2D eigenvalue weighted by atomic mass is 32.2. The normalized spacial score (nSPS) is 10.8. The van der Waals surface area contributed by atoms with Crippen LogP contribution in [-0.2, 0) is 11.2 Å². The first-order valence-electron chi connectivity index (χ1n) is 8.45. The number of nitrogens with zero attached hydrogens (tertiary/aromatic N) is 1. The topological polar surface area (TPSA) is 42.0 Å². The van der Waals surface area contributed by atoms with Crippen LogP contribution in [0, 0.1) is 13.8 Å². The zero-order valence-corrected chi connectivity index (χ0v) is 15.6. The molecule has 0 saturated heterocycles. The van der Waals surface area contributed by atoms with Crippen molar-refractivity contribution in [3.63, 3.8) is 0 Å². The van der Waals surface area contributed by atoms with Crippen molar-refractivity contribution in [2.75, 3.05) is 11.1 Å². The van der Waals surface area contributed by atoms with E-state index in [4.69, 9.17) is 4.98 Å². The van der Waals surface area contributed by atoms with Crippen LogP contribution in [0.4, 0.5) is 5.69 Å². The van der Waals surface area contributed by atoms with E-state index < -0.39 is 0 Å². The average Bonchev–Trinajstić information content (AvgIpc) is 2.61. The van der Waals surface area contributed by atoms with Crippen LogP contribution in [0.2, 0.25) is 0 Å². The second kappa shape index (κ2) is 7.70. The smallest absolute Gasteiger partial charge is 0.234 e. The second-order valence-corrected chi connectivity index (χ2v) is 7.11. The van der Waals surface area contributed by atoms with Gasteiger partial charge in [-0.15, -0.1) is 0 Å². The molecule has 3 nitrogen and oxygen atoms in total. The van der Waals surface area contributed by atoms with Gasteiger partial charge in [-0.2, -0.15) is 0 Å². The molecule has 0 radical (unpaired) electrons. The number of carbonyl (C=O) groups excluding carboxylic acids is 1. The molecule has 1 aromatic heterocycles. The van der Waals surface area contributed by atoms with Crippen LogP contribution >= 0.6 is 11.8 Å². The Hall–Kier alpha value is -2.33. The van der Waals surface area contributed by atoms with Gasteiger partial charge >= 0.3 is 0 Å². The van der Waals surface area contributed by atoms with Gasteiger partial charge < -0.3 is 5.32 Å². The number of anilines is 1. The van der Waals surface area contributed by atoms with Gasteiger partial charge in [-0.3, -0.25) is 4.79 Å². The molecule has 0 saturated carbocycles. The third-order valence-electron chi connectivity index (χ3n) is 4.18. The van der Waals surface area contributed by atoms with Crippen molar-refractivity contribution in [3.05, 3.63) is 65.2 Å². The first-order valence-corrected chi connectivity index (χ1v) is 9.44. The second-order valence-electron chi connectivity index (χ2n) is 6.14. The van der Waals surface area contributed by atoms with Crippen molar-refractivity contribution in [1.29, 1.82) is 0 Å². The monoisotopic (exact) mass is 350 g/mol. The molecular weight excluding hydrogens is 328 g/mol. The molecule has 0 atom stereocenters. The number of amides is 1. The number of nitrogens with one attached hydrogen (secondary N) is 1. The highest BCUT2D eigenvalue weighted by Gasteiger charge is 2.09. The van der Waals surface area contributed by atoms with Crippen molar-refractivity contribution in [2.24, 2.45) is 0 Å². The zero-order chi connectivity index (χ0) is 17.8. The number of rotatable bonds is 5. The van der Waals surface area contributed by atoms with Gasteiger partial charge in [0.2, 0.25) is 5.91 Å². The first-order chi connectivity index (χ1) is 12.1. The van der Waals surface area contributed by atoms with Crippen molar-refractivity contribution in [2.45, 2.75) is 32.2 Å². The Kier molecular flexibility index (Phi) is 5.39. The molecule has 4 heteroatoms. The lowest BCUT2D eigenvalue weighted by Gasteiger charge is -2.09. The molecule has 0 aliphatic carbocycles. The number of carbonyl (C=O) groups is 1. The lowest BCUT2D eigenvalue weighted by Crippen LogP contribution is -2.14. The molecule has 0 aliphatic heterocycles. The van der Waals surface area contributed by atoms with Gasteiger partial charge in [0.15, 0.2) is 0 Å². The van der Waals surface area contributed by atoms with Crippen LogP contribution in [0.15, 0.2) is 53.6 Å². The fourth-order valence-electron chi connectivity index (χ4n) is 2.74. The maximum Gasteiger partial charge on any atom is 0.234 e.